The highest BCUT2D eigenvalue weighted by molar-refractivity contribution is 6.04. The molecule has 41 heavy (non-hydrogen) atoms. The summed E-state index contributed by atoms with van der Waals surface area (Å²) < 4.78 is 41.2. The van der Waals surface area contributed by atoms with Crippen molar-refractivity contribution in [2.75, 3.05) is 11.4 Å². The highest BCUT2D eigenvalue weighted by Crippen LogP contribution is 2.36. The lowest BCUT2D eigenvalue weighted by atomic mass is 9.87. The molecule has 1 aliphatic heterocycles. The molecule has 1 aromatic carbocycles. The quantitative estimate of drug-likeness (QED) is 0.481. The first kappa shape index (κ1) is 30.3. The van der Waals surface area contributed by atoms with E-state index < -0.39 is 41.7 Å². The summed E-state index contributed by atoms with van der Waals surface area (Å²) in [6.07, 6.45) is 2.36. The van der Waals surface area contributed by atoms with E-state index in [0.29, 0.717) is 6.20 Å². The first-order valence-corrected chi connectivity index (χ1v) is 13.9. The van der Waals surface area contributed by atoms with Crippen LogP contribution in [-0.2, 0) is 21.2 Å². The molecular weight excluding hydrogens is 535 g/mol. The number of aromatic nitrogens is 1. The van der Waals surface area contributed by atoms with Gasteiger partial charge in [-0.15, -0.1) is 0 Å². The number of hydrogen-bond acceptors (Lipinski definition) is 6. The van der Waals surface area contributed by atoms with E-state index in [-0.39, 0.29) is 35.7 Å². The fourth-order valence-corrected chi connectivity index (χ4v) is 5.55. The highest BCUT2D eigenvalue weighted by atomic mass is 19.4. The van der Waals surface area contributed by atoms with Crippen molar-refractivity contribution in [2.24, 2.45) is 0 Å². The molecule has 220 valence electrons. The minimum Gasteiger partial charge on any atom is -0.391 e. The second-order valence-electron chi connectivity index (χ2n) is 11.9. The van der Waals surface area contributed by atoms with Crippen molar-refractivity contribution < 1.29 is 27.9 Å². The predicted octanol–water partition coefficient (Wildman–Crippen LogP) is 4.84. The first-order chi connectivity index (χ1) is 19.3. The fraction of sp³-hybridized carbons (Fsp3) is 0.533. The van der Waals surface area contributed by atoms with Gasteiger partial charge in [0.25, 0.3) is 5.91 Å². The van der Waals surface area contributed by atoms with Crippen LogP contribution in [0.1, 0.15) is 82.0 Å². The number of β-amino-alcohol motifs (C(OH)–C–C–N with tert-alkyl or cyclic N) is 1. The third-order valence-electron chi connectivity index (χ3n) is 7.80. The Morgan fingerprint density at radius 1 is 1.10 bits per heavy atom. The number of pyridine rings is 1. The monoisotopic (exact) mass is 571 g/mol. The molecule has 0 bridgehead atoms. The van der Waals surface area contributed by atoms with Crippen molar-refractivity contribution in [3.63, 3.8) is 0 Å². The maximum atomic E-state index is 14.2. The number of aliphatic hydroxyl groups is 1. The van der Waals surface area contributed by atoms with Gasteiger partial charge in [-0.1, -0.05) is 52.2 Å². The summed E-state index contributed by atoms with van der Waals surface area (Å²) in [4.78, 5) is 34.3. The van der Waals surface area contributed by atoms with Crippen LogP contribution in [0.3, 0.4) is 0 Å². The van der Waals surface area contributed by atoms with Gasteiger partial charge in [-0.05, 0) is 42.0 Å². The topological polar surface area (TPSA) is 110 Å². The van der Waals surface area contributed by atoms with Crippen LogP contribution in [0, 0.1) is 11.5 Å². The number of anilines is 1. The van der Waals surface area contributed by atoms with Crippen LogP contribution in [0.4, 0.5) is 18.9 Å². The SMILES string of the molecule is CC(C)(C)c1ccc(N(C(=O)[C@H]2C[C@@H](O)CN2C#N)C(C(=O)NC2CCCCC2)c2cncc(C(F)(F)F)c2)cc1. The van der Waals surface area contributed by atoms with Gasteiger partial charge in [0, 0.05) is 36.1 Å². The summed E-state index contributed by atoms with van der Waals surface area (Å²) in [5.41, 5.74) is -0.140. The zero-order valence-electron chi connectivity index (χ0n) is 23.5. The van der Waals surface area contributed by atoms with Gasteiger partial charge in [0.2, 0.25) is 5.91 Å². The molecule has 4 rings (SSSR count). The van der Waals surface area contributed by atoms with Crippen molar-refractivity contribution in [1.82, 2.24) is 15.2 Å². The van der Waals surface area contributed by atoms with Crippen LogP contribution in [0.15, 0.2) is 42.7 Å². The molecule has 1 aromatic heterocycles. The summed E-state index contributed by atoms with van der Waals surface area (Å²) in [6, 6.07) is 4.99. The number of hydrogen-bond donors (Lipinski definition) is 2. The summed E-state index contributed by atoms with van der Waals surface area (Å²) in [5.74, 6) is -1.30. The smallest absolute Gasteiger partial charge is 0.391 e. The Bertz CT molecular complexity index is 1280. The Labute approximate surface area is 238 Å². The van der Waals surface area contributed by atoms with Gasteiger partial charge in [-0.25, -0.2) is 0 Å². The molecule has 2 heterocycles. The van der Waals surface area contributed by atoms with E-state index in [9.17, 15) is 33.1 Å². The minimum absolute atomic E-state index is 0.0548. The average molecular weight is 572 g/mol. The van der Waals surface area contributed by atoms with Gasteiger partial charge in [-0.2, -0.15) is 18.4 Å². The van der Waals surface area contributed by atoms with Crippen molar-refractivity contribution >= 4 is 17.5 Å². The number of carbonyl (C=O) groups excluding carboxylic acids is 2. The number of carbonyl (C=O) groups is 2. The molecule has 2 N–H and O–H groups in total. The molecular formula is C30H36F3N5O3. The van der Waals surface area contributed by atoms with Gasteiger partial charge in [0.15, 0.2) is 6.19 Å². The van der Waals surface area contributed by atoms with E-state index in [4.69, 9.17) is 0 Å². The van der Waals surface area contributed by atoms with E-state index in [1.165, 1.54) is 0 Å². The second kappa shape index (κ2) is 12.1. The highest BCUT2D eigenvalue weighted by Gasteiger charge is 2.43. The molecule has 11 heteroatoms. The molecule has 1 saturated heterocycles. The number of alkyl halides is 3. The number of aliphatic hydroxyl groups excluding tert-OH is 1. The van der Waals surface area contributed by atoms with Crippen LogP contribution >= 0.6 is 0 Å². The van der Waals surface area contributed by atoms with Crippen molar-refractivity contribution in [3.8, 4) is 6.19 Å². The summed E-state index contributed by atoms with van der Waals surface area (Å²) in [6.45, 7) is 5.99. The average Bonchev–Trinajstić information content (AvgIpc) is 3.31. The number of nitriles is 1. The van der Waals surface area contributed by atoms with Crippen LogP contribution in [-0.4, -0.2) is 51.5 Å². The van der Waals surface area contributed by atoms with Gasteiger partial charge in [0.05, 0.1) is 18.2 Å². The second-order valence-corrected chi connectivity index (χ2v) is 11.9. The van der Waals surface area contributed by atoms with E-state index in [1.54, 1.807) is 12.1 Å². The van der Waals surface area contributed by atoms with Crippen LogP contribution in [0.25, 0.3) is 0 Å². The number of halogens is 3. The normalized spacial score (nSPS) is 20.8. The molecule has 8 nitrogen and oxygen atoms in total. The van der Waals surface area contributed by atoms with E-state index in [0.717, 1.165) is 59.7 Å². The zero-order chi connectivity index (χ0) is 29.9. The predicted molar refractivity (Wildman–Crippen MR) is 146 cm³/mol. The van der Waals surface area contributed by atoms with Crippen molar-refractivity contribution in [3.05, 3.63) is 59.4 Å². The lowest BCUT2D eigenvalue weighted by Crippen LogP contribution is -2.51. The molecule has 0 spiro atoms. The largest absolute Gasteiger partial charge is 0.417 e. The number of benzene rings is 1. The number of nitrogens with one attached hydrogen (secondary N) is 1. The van der Waals surface area contributed by atoms with Gasteiger partial charge in [-0.3, -0.25) is 24.4 Å². The standard InChI is InChI=1S/C30H36F3N5O3/c1-29(2,3)20-9-11-23(12-10-20)38(28(41)25-14-24(39)17-37(25)18-34)26(27(40)36-22-7-5-4-6-8-22)19-13-21(16-35-15-19)30(31,32)33/h9-13,15-16,22,24-26,39H,4-8,14,17H2,1-3H3,(H,36,40)/t24-,25-,26?/m1/s1. The molecule has 1 aliphatic carbocycles. The van der Waals surface area contributed by atoms with Crippen LogP contribution in [0.2, 0.25) is 0 Å². The number of amides is 2. The molecule has 2 fully saturated rings. The maximum absolute atomic E-state index is 14.2. The van der Waals surface area contributed by atoms with Gasteiger partial charge in [0.1, 0.15) is 12.1 Å². The number of nitrogens with zero attached hydrogens (tertiary/aromatic N) is 4. The third kappa shape index (κ3) is 6.99. The Morgan fingerprint density at radius 2 is 1.76 bits per heavy atom. The molecule has 3 atom stereocenters. The summed E-state index contributed by atoms with van der Waals surface area (Å²) in [7, 11) is 0. The lowest BCUT2D eigenvalue weighted by Gasteiger charge is -2.36. The molecule has 1 unspecified atom stereocenters. The van der Waals surface area contributed by atoms with Gasteiger partial charge < -0.3 is 10.4 Å². The van der Waals surface area contributed by atoms with Crippen LogP contribution in [0.5, 0.6) is 0 Å². The first-order valence-electron chi connectivity index (χ1n) is 13.9. The Kier molecular flexibility index (Phi) is 8.92. The molecule has 2 aromatic rings. The number of likely N-dealkylation sites (tertiary alicyclic amines) is 1. The number of rotatable bonds is 6. The zero-order valence-corrected chi connectivity index (χ0v) is 23.5. The minimum atomic E-state index is -4.72. The lowest BCUT2D eigenvalue weighted by molar-refractivity contribution is -0.138. The van der Waals surface area contributed by atoms with Gasteiger partial charge >= 0.3 is 6.18 Å². The fourth-order valence-electron chi connectivity index (χ4n) is 5.55. The van der Waals surface area contributed by atoms with Crippen molar-refractivity contribution in [2.45, 2.75) is 95.1 Å². The molecule has 0 radical (unpaired) electrons. The molecule has 2 aliphatic rings. The summed E-state index contributed by atoms with van der Waals surface area (Å²) in [5, 5.41) is 22.9. The molecule has 1 saturated carbocycles. The Balaban J connectivity index is 1.86. The Morgan fingerprint density at radius 3 is 2.34 bits per heavy atom. The van der Waals surface area contributed by atoms with E-state index in [1.807, 2.05) is 39.1 Å². The van der Waals surface area contributed by atoms with E-state index in [2.05, 4.69) is 10.3 Å². The maximum Gasteiger partial charge on any atom is 0.417 e. The third-order valence-corrected chi connectivity index (χ3v) is 7.80. The van der Waals surface area contributed by atoms with E-state index >= 15 is 0 Å². The summed E-state index contributed by atoms with van der Waals surface area (Å²) >= 11 is 0. The van der Waals surface area contributed by atoms with Crippen LogP contribution < -0.4 is 10.2 Å². The van der Waals surface area contributed by atoms with Crippen molar-refractivity contribution in [1.29, 1.82) is 5.26 Å². The molecule has 2 amide bonds. The Hall–Kier alpha value is -3.65.